The van der Waals surface area contributed by atoms with Crippen LogP contribution in [0, 0.1) is 11.8 Å². The van der Waals surface area contributed by atoms with E-state index in [1.807, 2.05) is 32.0 Å². The van der Waals surface area contributed by atoms with Crippen molar-refractivity contribution in [2.45, 2.75) is 26.5 Å². The van der Waals surface area contributed by atoms with E-state index in [-0.39, 0.29) is 30.5 Å². The summed E-state index contributed by atoms with van der Waals surface area (Å²) in [5, 5.41) is 12.2. The fourth-order valence-corrected chi connectivity index (χ4v) is 3.00. The number of nitrogens with one attached hydrogen (secondary N) is 1. The Morgan fingerprint density at radius 1 is 1.41 bits per heavy atom. The number of aliphatic hydroxyl groups excluding tert-OH is 1. The van der Waals surface area contributed by atoms with Crippen molar-refractivity contribution in [3.8, 4) is 5.75 Å². The molecule has 1 amide bonds. The third-order valence-electron chi connectivity index (χ3n) is 4.06. The molecule has 22 heavy (non-hydrogen) atoms. The van der Waals surface area contributed by atoms with Crippen LogP contribution in [0.5, 0.6) is 5.75 Å². The number of para-hydroxylation sites is 1. The van der Waals surface area contributed by atoms with E-state index >= 15 is 0 Å². The second-order valence-corrected chi connectivity index (χ2v) is 6.13. The summed E-state index contributed by atoms with van der Waals surface area (Å²) in [5.41, 5.74) is 1.12. The average molecular weight is 306 g/mol. The van der Waals surface area contributed by atoms with Crippen LogP contribution in [0.4, 0.5) is 0 Å². The van der Waals surface area contributed by atoms with Crippen molar-refractivity contribution < 1.29 is 14.6 Å². The fourth-order valence-electron chi connectivity index (χ4n) is 3.00. The summed E-state index contributed by atoms with van der Waals surface area (Å²) in [4.78, 5) is 14.1. The molecule has 5 heteroatoms. The molecule has 0 unspecified atom stereocenters. The predicted octanol–water partition coefficient (Wildman–Crippen LogP) is 1.26. The minimum absolute atomic E-state index is 0.00173. The van der Waals surface area contributed by atoms with E-state index in [2.05, 4.69) is 16.3 Å². The first-order chi connectivity index (χ1) is 10.5. The van der Waals surface area contributed by atoms with Crippen molar-refractivity contribution in [3.63, 3.8) is 0 Å². The molecule has 1 fully saturated rings. The number of ether oxygens (including phenoxy) is 1. The van der Waals surface area contributed by atoms with E-state index in [1.54, 1.807) is 7.05 Å². The number of nitrogens with zero attached hydrogens (tertiary/aromatic N) is 1. The van der Waals surface area contributed by atoms with Gasteiger partial charge in [0, 0.05) is 44.8 Å². The summed E-state index contributed by atoms with van der Waals surface area (Å²) in [7, 11) is 1.64. The number of benzene rings is 1. The first-order valence-corrected chi connectivity index (χ1v) is 7.84. The zero-order valence-corrected chi connectivity index (χ0v) is 13.6. The molecule has 0 aliphatic carbocycles. The molecule has 1 aliphatic heterocycles. The summed E-state index contributed by atoms with van der Waals surface area (Å²) in [5.74, 6) is 0.751. The molecule has 1 aromatic carbocycles. The first-order valence-electron chi connectivity index (χ1n) is 7.84. The van der Waals surface area contributed by atoms with Gasteiger partial charge in [0.2, 0.25) is 5.91 Å². The lowest BCUT2D eigenvalue weighted by Gasteiger charge is -2.19. The van der Waals surface area contributed by atoms with E-state index in [0.29, 0.717) is 6.54 Å². The Labute approximate surface area is 132 Å². The van der Waals surface area contributed by atoms with Gasteiger partial charge in [-0.3, -0.25) is 9.69 Å². The summed E-state index contributed by atoms with van der Waals surface area (Å²) >= 11 is 0. The highest BCUT2D eigenvalue weighted by atomic mass is 16.5. The Hall–Kier alpha value is -1.59. The number of amides is 1. The Balaban J connectivity index is 2.07. The van der Waals surface area contributed by atoms with Crippen molar-refractivity contribution >= 4 is 5.91 Å². The molecule has 0 bridgehead atoms. The highest BCUT2D eigenvalue weighted by Crippen LogP contribution is 2.28. The van der Waals surface area contributed by atoms with Crippen molar-refractivity contribution in [1.29, 1.82) is 0 Å². The van der Waals surface area contributed by atoms with Gasteiger partial charge in [0.25, 0.3) is 0 Å². The number of hydrogen-bond acceptors (Lipinski definition) is 4. The quantitative estimate of drug-likeness (QED) is 0.830. The zero-order chi connectivity index (χ0) is 16.1. The SMILES string of the molecule is CNC(=O)[C@@H]1CN(Cc2ccccc2OC(C)C)C[C@H]1CO. The van der Waals surface area contributed by atoms with Crippen LogP contribution in [-0.4, -0.2) is 48.8 Å². The number of rotatable bonds is 6. The molecule has 0 aromatic heterocycles. The Morgan fingerprint density at radius 2 is 2.14 bits per heavy atom. The minimum atomic E-state index is -0.145. The molecule has 2 N–H and O–H groups in total. The second kappa shape index (κ2) is 7.61. The Bertz CT molecular complexity index is 504. The van der Waals surface area contributed by atoms with Crippen LogP contribution < -0.4 is 10.1 Å². The third kappa shape index (κ3) is 3.99. The standard InChI is InChI=1S/C17H26N2O3/c1-12(2)22-16-7-5-4-6-13(16)8-19-9-14(11-20)15(10-19)17(21)18-3/h4-7,12,14-15,20H,8-11H2,1-3H3,(H,18,21)/t14-,15+/m0/s1. The lowest BCUT2D eigenvalue weighted by atomic mass is 9.96. The maximum atomic E-state index is 11.9. The average Bonchev–Trinajstić information content (AvgIpc) is 2.91. The molecule has 1 aliphatic rings. The molecule has 2 atom stereocenters. The van der Waals surface area contributed by atoms with E-state index in [1.165, 1.54) is 0 Å². The van der Waals surface area contributed by atoms with Crippen LogP contribution in [0.3, 0.4) is 0 Å². The Morgan fingerprint density at radius 3 is 2.77 bits per heavy atom. The van der Waals surface area contributed by atoms with Crippen LogP contribution in [0.2, 0.25) is 0 Å². The topological polar surface area (TPSA) is 61.8 Å². The van der Waals surface area contributed by atoms with E-state index in [0.717, 1.165) is 24.4 Å². The van der Waals surface area contributed by atoms with Crippen molar-refractivity contribution in [1.82, 2.24) is 10.2 Å². The molecular weight excluding hydrogens is 280 g/mol. The van der Waals surface area contributed by atoms with Crippen LogP contribution in [0.15, 0.2) is 24.3 Å². The van der Waals surface area contributed by atoms with E-state index in [4.69, 9.17) is 4.74 Å². The highest BCUT2D eigenvalue weighted by molar-refractivity contribution is 5.79. The number of hydrogen-bond donors (Lipinski definition) is 2. The summed E-state index contributed by atoms with van der Waals surface area (Å²) in [6, 6.07) is 8.00. The van der Waals surface area contributed by atoms with Gasteiger partial charge in [0.1, 0.15) is 5.75 Å². The summed E-state index contributed by atoms with van der Waals surface area (Å²) in [6.07, 6.45) is 0.128. The minimum Gasteiger partial charge on any atom is -0.491 e. The van der Waals surface area contributed by atoms with Gasteiger partial charge in [-0.2, -0.15) is 0 Å². The van der Waals surface area contributed by atoms with Gasteiger partial charge in [-0.15, -0.1) is 0 Å². The summed E-state index contributed by atoms with van der Waals surface area (Å²) in [6.45, 7) is 6.18. The number of aliphatic hydroxyl groups is 1. The fraction of sp³-hybridized carbons (Fsp3) is 0.588. The molecular formula is C17H26N2O3. The normalized spacial score (nSPS) is 22.0. The van der Waals surface area contributed by atoms with Gasteiger partial charge in [0.05, 0.1) is 12.0 Å². The van der Waals surface area contributed by atoms with Crippen LogP contribution in [0.25, 0.3) is 0 Å². The molecule has 1 saturated heterocycles. The third-order valence-corrected chi connectivity index (χ3v) is 4.06. The molecule has 122 valence electrons. The molecule has 0 saturated carbocycles. The Kier molecular flexibility index (Phi) is 5.80. The van der Waals surface area contributed by atoms with Gasteiger partial charge in [-0.1, -0.05) is 18.2 Å². The maximum Gasteiger partial charge on any atom is 0.224 e. The van der Waals surface area contributed by atoms with Gasteiger partial charge in [0.15, 0.2) is 0 Å². The molecule has 1 aromatic rings. The predicted molar refractivity (Wildman–Crippen MR) is 85.6 cm³/mol. The molecule has 1 heterocycles. The number of carbonyl (C=O) groups is 1. The van der Waals surface area contributed by atoms with Crippen molar-refractivity contribution in [3.05, 3.63) is 29.8 Å². The van der Waals surface area contributed by atoms with Gasteiger partial charge in [-0.25, -0.2) is 0 Å². The number of carbonyl (C=O) groups excluding carboxylic acids is 1. The monoisotopic (exact) mass is 306 g/mol. The van der Waals surface area contributed by atoms with Crippen molar-refractivity contribution in [2.75, 3.05) is 26.7 Å². The lowest BCUT2D eigenvalue weighted by Crippen LogP contribution is -2.33. The van der Waals surface area contributed by atoms with Gasteiger partial charge < -0.3 is 15.2 Å². The van der Waals surface area contributed by atoms with Crippen LogP contribution in [0.1, 0.15) is 19.4 Å². The van der Waals surface area contributed by atoms with Crippen LogP contribution in [-0.2, 0) is 11.3 Å². The van der Waals surface area contributed by atoms with E-state index < -0.39 is 0 Å². The maximum absolute atomic E-state index is 11.9. The molecule has 0 radical (unpaired) electrons. The first kappa shape index (κ1) is 16.8. The highest BCUT2D eigenvalue weighted by Gasteiger charge is 2.36. The largest absolute Gasteiger partial charge is 0.491 e. The molecule has 0 spiro atoms. The number of likely N-dealkylation sites (tertiary alicyclic amines) is 1. The van der Waals surface area contributed by atoms with Crippen molar-refractivity contribution in [2.24, 2.45) is 11.8 Å². The zero-order valence-electron chi connectivity index (χ0n) is 13.6. The van der Waals surface area contributed by atoms with Crippen LogP contribution >= 0.6 is 0 Å². The van der Waals surface area contributed by atoms with Gasteiger partial charge >= 0.3 is 0 Å². The molecule has 5 nitrogen and oxygen atoms in total. The second-order valence-electron chi connectivity index (χ2n) is 6.13. The van der Waals surface area contributed by atoms with E-state index in [9.17, 15) is 9.90 Å². The summed E-state index contributed by atoms with van der Waals surface area (Å²) < 4.78 is 5.85. The smallest absolute Gasteiger partial charge is 0.224 e. The van der Waals surface area contributed by atoms with Gasteiger partial charge in [-0.05, 0) is 19.9 Å². The lowest BCUT2D eigenvalue weighted by molar-refractivity contribution is -0.125. The molecule has 2 rings (SSSR count).